The second-order valence-corrected chi connectivity index (χ2v) is 10.7. The maximum absolute atomic E-state index is 15.4. The fourth-order valence-corrected chi connectivity index (χ4v) is 5.14. The molecule has 0 spiro atoms. The van der Waals surface area contributed by atoms with Crippen molar-refractivity contribution in [3.05, 3.63) is 65.0 Å². The molecule has 172 valence electrons. The number of rotatable bonds is 8. The highest BCUT2D eigenvalue weighted by Gasteiger charge is 2.42. The summed E-state index contributed by atoms with van der Waals surface area (Å²) in [6.45, 7) is 2.81. The van der Waals surface area contributed by atoms with Crippen LogP contribution in [0.5, 0.6) is 0 Å². The number of benzene rings is 2. The molecule has 1 N–H and O–H groups in total. The monoisotopic (exact) mass is 494 g/mol. The minimum Gasteiger partial charge on any atom is -0.347 e. The molecule has 0 bridgehead atoms. The minimum absolute atomic E-state index is 0.125. The van der Waals surface area contributed by atoms with Crippen molar-refractivity contribution in [1.82, 2.24) is 9.62 Å². The summed E-state index contributed by atoms with van der Waals surface area (Å²) in [5, 5.41) is 4.95. The normalized spacial score (nSPS) is 18.4. The van der Waals surface area contributed by atoms with Crippen molar-refractivity contribution in [2.24, 2.45) is 0 Å². The van der Waals surface area contributed by atoms with E-state index < -0.39 is 22.4 Å². The van der Waals surface area contributed by atoms with Crippen LogP contribution >= 0.6 is 23.5 Å². The molecule has 4 nitrogen and oxygen atoms in total. The van der Waals surface area contributed by atoms with Gasteiger partial charge >= 0.3 is 0 Å². The van der Waals surface area contributed by atoms with Crippen LogP contribution in [0.2, 0.25) is 5.02 Å². The van der Waals surface area contributed by atoms with Gasteiger partial charge in [0.2, 0.25) is 0 Å². The third-order valence-electron chi connectivity index (χ3n) is 5.43. The Hall–Kier alpha value is -1.67. The van der Waals surface area contributed by atoms with E-state index in [0.29, 0.717) is 24.5 Å². The Morgan fingerprint density at radius 3 is 2.59 bits per heavy atom. The van der Waals surface area contributed by atoms with Crippen LogP contribution in [-0.4, -0.2) is 45.5 Å². The number of carbonyl (C=O) groups is 1. The standard InChI is InChI=1S/C24H28ClFN2O2S2/c1-3-20(11-16-32(2)30)27-23(29)24(26)12-14-28(15-13-24)31-22-10-9-19(25)17-21(22)18-7-5-4-6-8-18/h4-11,16-17,20H,3,12-15H2,1-2H3,(H,27,29)/b16-11-. The van der Waals surface area contributed by atoms with Gasteiger partial charge in [0.05, 0.1) is 0 Å². The van der Waals surface area contributed by atoms with Crippen LogP contribution in [0.3, 0.4) is 0 Å². The summed E-state index contributed by atoms with van der Waals surface area (Å²) in [5.74, 6) is -0.586. The maximum Gasteiger partial charge on any atom is 0.258 e. The van der Waals surface area contributed by atoms with Crippen LogP contribution in [0.4, 0.5) is 4.39 Å². The van der Waals surface area contributed by atoms with Crippen molar-refractivity contribution in [1.29, 1.82) is 0 Å². The van der Waals surface area contributed by atoms with Crippen LogP contribution in [0, 0.1) is 0 Å². The summed E-state index contributed by atoms with van der Waals surface area (Å²) < 4.78 is 28.8. The predicted octanol–water partition coefficient (Wildman–Crippen LogP) is 5.61. The molecule has 1 aliphatic rings. The van der Waals surface area contributed by atoms with Gasteiger partial charge in [0.1, 0.15) is 0 Å². The fourth-order valence-electron chi connectivity index (χ4n) is 3.51. The molecule has 3 rings (SSSR count). The van der Waals surface area contributed by atoms with Gasteiger partial charge in [-0.1, -0.05) is 54.9 Å². The molecule has 1 fully saturated rings. The number of halogens is 2. The number of hydrogen-bond acceptors (Lipinski definition) is 4. The highest BCUT2D eigenvalue weighted by molar-refractivity contribution is 7.97. The Kier molecular flexibility index (Phi) is 8.94. The Bertz CT molecular complexity index is 979. The van der Waals surface area contributed by atoms with Gasteiger partial charge in [0.25, 0.3) is 5.91 Å². The summed E-state index contributed by atoms with van der Waals surface area (Å²) in [4.78, 5) is 13.7. The molecular weight excluding hydrogens is 467 g/mol. The molecule has 2 atom stereocenters. The second-order valence-electron chi connectivity index (χ2n) is 7.81. The number of hydrogen-bond donors (Lipinski definition) is 1. The molecule has 2 unspecified atom stereocenters. The van der Waals surface area contributed by atoms with Gasteiger partial charge in [-0.3, -0.25) is 9.00 Å². The van der Waals surface area contributed by atoms with Crippen molar-refractivity contribution >= 4 is 40.3 Å². The summed E-state index contributed by atoms with van der Waals surface area (Å²) in [6.07, 6.45) is 4.09. The third-order valence-corrected chi connectivity index (χ3v) is 7.39. The van der Waals surface area contributed by atoms with E-state index >= 15 is 4.39 Å². The molecule has 0 aromatic heterocycles. The summed E-state index contributed by atoms with van der Waals surface area (Å²) in [5.41, 5.74) is 0.204. The number of nitrogens with one attached hydrogen (secondary N) is 1. The lowest BCUT2D eigenvalue weighted by Crippen LogP contribution is -2.51. The van der Waals surface area contributed by atoms with Gasteiger partial charge in [0, 0.05) is 64.4 Å². The quantitative estimate of drug-likeness (QED) is 0.485. The third kappa shape index (κ3) is 6.67. The summed E-state index contributed by atoms with van der Waals surface area (Å²) >= 11 is 7.80. The molecule has 2 aromatic rings. The van der Waals surface area contributed by atoms with Gasteiger partial charge in [-0.25, -0.2) is 8.70 Å². The van der Waals surface area contributed by atoms with E-state index in [4.69, 9.17) is 11.6 Å². The summed E-state index contributed by atoms with van der Waals surface area (Å²) in [7, 11) is -1.10. The van der Waals surface area contributed by atoms with Gasteiger partial charge in [-0.15, -0.1) is 0 Å². The second kappa shape index (κ2) is 11.5. The molecule has 1 heterocycles. The lowest BCUT2D eigenvalue weighted by atomic mass is 9.93. The van der Waals surface area contributed by atoms with Crippen molar-refractivity contribution in [3.8, 4) is 11.1 Å². The Morgan fingerprint density at radius 1 is 1.28 bits per heavy atom. The summed E-state index contributed by atoms with van der Waals surface area (Å²) in [6, 6.07) is 15.5. The zero-order valence-electron chi connectivity index (χ0n) is 18.2. The van der Waals surface area contributed by atoms with Crippen LogP contribution in [-0.2, 0) is 15.6 Å². The van der Waals surface area contributed by atoms with Gasteiger partial charge in [-0.05, 0) is 47.7 Å². The first-order valence-electron chi connectivity index (χ1n) is 10.6. The van der Waals surface area contributed by atoms with Crippen molar-refractivity contribution < 1.29 is 13.4 Å². The van der Waals surface area contributed by atoms with E-state index in [1.54, 1.807) is 24.3 Å². The Balaban J connectivity index is 1.64. The SMILES string of the molecule is CCC(/C=C\S(C)=O)NC(=O)C1(F)CCN(Sc2ccc(Cl)cc2-c2ccccc2)CC1. The van der Waals surface area contributed by atoms with E-state index in [1.165, 1.54) is 5.41 Å². The van der Waals surface area contributed by atoms with E-state index in [2.05, 4.69) is 9.62 Å². The smallest absolute Gasteiger partial charge is 0.258 e. The molecule has 32 heavy (non-hydrogen) atoms. The first-order valence-corrected chi connectivity index (χ1v) is 13.4. The van der Waals surface area contributed by atoms with Crippen LogP contribution in [0.1, 0.15) is 26.2 Å². The number of alkyl halides is 1. The molecular formula is C24H28ClFN2O2S2. The first kappa shape index (κ1) is 25.0. The topological polar surface area (TPSA) is 49.4 Å². The minimum atomic E-state index is -1.90. The number of amides is 1. The van der Waals surface area contributed by atoms with Gasteiger partial charge < -0.3 is 5.32 Å². The van der Waals surface area contributed by atoms with Crippen molar-refractivity contribution in [2.75, 3.05) is 19.3 Å². The highest BCUT2D eigenvalue weighted by atomic mass is 35.5. The van der Waals surface area contributed by atoms with Crippen molar-refractivity contribution in [3.63, 3.8) is 0 Å². The molecule has 8 heteroatoms. The number of carbonyl (C=O) groups excluding carboxylic acids is 1. The van der Waals surface area contributed by atoms with Crippen LogP contribution in [0.25, 0.3) is 11.1 Å². The molecule has 1 saturated heterocycles. The largest absolute Gasteiger partial charge is 0.347 e. The van der Waals surface area contributed by atoms with E-state index in [1.807, 2.05) is 55.5 Å². The highest BCUT2D eigenvalue weighted by Crippen LogP contribution is 2.38. The van der Waals surface area contributed by atoms with Crippen molar-refractivity contribution in [2.45, 2.75) is 42.8 Å². The van der Waals surface area contributed by atoms with E-state index in [9.17, 15) is 9.00 Å². The van der Waals surface area contributed by atoms with Gasteiger partial charge in [0.15, 0.2) is 5.67 Å². The molecule has 1 aliphatic heterocycles. The van der Waals surface area contributed by atoms with E-state index in [-0.39, 0.29) is 18.9 Å². The molecule has 0 saturated carbocycles. The fraction of sp³-hybridized carbons (Fsp3) is 0.375. The maximum atomic E-state index is 15.4. The molecule has 0 radical (unpaired) electrons. The van der Waals surface area contributed by atoms with E-state index in [0.717, 1.165) is 16.0 Å². The van der Waals surface area contributed by atoms with Gasteiger partial charge in [-0.2, -0.15) is 0 Å². The van der Waals surface area contributed by atoms with Crippen LogP contribution in [0.15, 0.2) is 64.9 Å². The lowest BCUT2D eigenvalue weighted by Gasteiger charge is -2.35. The Labute approximate surface area is 201 Å². The predicted molar refractivity (Wildman–Crippen MR) is 133 cm³/mol. The van der Waals surface area contributed by atoms with Crippen LogP contribution < -0.4 is 5.32 Å². The lowest BCUT2D eigenvalue weighted by molar-refractivity contribution is -0.135. The number of nitrogens with zero attached hydrogens (tertiary/aromatic N) is 1. The molecule has 1 amide bonds. The molecule has 0 aliphatic carbocycles. The zero-order chi connectivity index (χ0) is 23.1. The molecule has 2 aromatic carbocycles. The average molecular weight is 495 g/mol. The first-order chi connectivity index (χ1) is 15.3. The number of piperidine rings is 1. The zero-order valence-corrected chi connectivity index (χ0v) is 20.6. The average Bonchev–Trinajstić information content (AvgIpc) is 2.79. The Morgan fingerprint density at radius 2 is 1.97 bits per heavy atom.